The minimum atomic E-state index is -1.01. The van der Waals surface area contributed by atoms with E-state index in [4.69, 9.17) is 9.47 Å². The van der Waals surface area contributed by atoms with Crippen LogP contribution in [0.15, 0.2) is 60.7 Å². The van der Waals surface area contributed by atoms with Gasteiger partial charge in [0.1, 0.15) is 6.79 Å². The fourth-order valence-electron chi connectivity index (χ4n) is 2.33. The van der Waals surface area contributed by atoms with E-state index in [1.165, 1.54) is 0 Å². The summed E-state index contributed by atoms with van der Waals surface area (Å²) in [6.45, 7) is 0.401. The van der Waals surface area contributed by atoms with Crippen LogP contribution in [0.1, 0.15) is 15.9 Å². The summed E-state index contributed by atoms with van der Waals surface area (Å²) in [7, 11) is 0. The summed E-state index contributed by atoms with van der Waals surface area (Å²) in [4.78, 5) is 12.8. The fraction of sp³-hybridized carbons (Fsp3) is 0.188. The number of carbonyl (C=O) groups is 1. The molecule has 0 aliphatic carbocycles. The summed E-state index contributed by atoms with van der Waals surface area (Å²) in [6.07, 6.45) is 0. The van der Waals surface area contributed by atoms with E-state index >= 15 is 0 Å². The van der Waals surface area contributed by atoms with Gasteiger partial charge in [0.2, 0.25) is 5.78 Å². The monoisotopic (exact) mass is 254 g/mol. The molecule has 3 rings (SSSR count). The first-order valence-electron chi connectivity index (χ1n) is 6.20. The summed E-state index contributed by atoms with van der Waals surface area (Å²) >= 11 is 0. The largest absolute Gasteiger partial charge is 0.351 e. The van der Waals surface area contributed by atoms with Crippen molar-refractivity contribution >= 4 is 5.78 Å². The van der Waals surface area contributed by atoms with E-state index in [2.05, 4.69) is 0 Å². The SMILES string of the molecule is O=C(c1ccccc1)[C@@]1(c2ccccc2)COCO1. The van der Waals surface area contributed by atoms with E-state index in [1.54, 1.807) is 12.1 Å². The van der Waals surface area contributed by atoms with Crippen molar-refractivity contribution in [2.24, 2.45) is 0 Å². The molecule has 1 aliphatic rings. The minimum Gasteiger partial charge on any atom is -0.351 e. The smallest absolute Gasteiger partial charge is 0.201 e. The van der Waals surface area contributed by atoms with E-state index < -0.39 is 5.60 Å². The Labute approximate surface area is 111 Å². The molecule has 0 amide bonds. The molecule has 0 bridgehead atoms. The zero-order valence-corrected chi connectivity index (χ0v) is 10.4. The molecule has 19 heavy (non-hydrogen) atoms. The molecule has 0 N–H and O–H groups in total. The van der Waals surface area contributed by atoms with Crippen LogP contribution >= 0.6 is 0 Å². The third-order valence-corrected chi connectivity index (χ3v) is 3.34. The van der Waals surface area contributed by atoms with Gasteiger partial charge in [0.05, 0.1) is 6.61 Å². The van der Waals surface area contributed by atoms with E-state index in [1.807, 2.05) is 48.5 Å². The normalized spacial score (nSPS) is 22.3. The van der Waals surface area contributed by atoms with Crippen LogP contribution in [0.5, 0.6) is 0 Å². The molecule has 1 saturated heterocycles. The molecule has 3 heteroatoms. The zero-order valence-electron chi connectivity index (χ0n) is 10.4. The Balaban J connectivity index is 2.05. The van der Waals surface area contributed by atoms with Gasteiger partial charge in [-0.25, -0.2) is 0 Å². The molecule has 3 nitrogen and oxygen atoms in total. The third kappa shape index (κ3) is 2.07. The molecule has 0 spiro atoms. The molecule has 1 heterocycles. The second-order valence-electron chi connectivity index (χ2n) is 4.50. The average Bonchev–Trinajstić information content (AvgIpc) is 2.99. The van der Waals surface area contributed by atoms with Crippen molar-refractivity contribution < 1.29 is 14.3 Å². The van der Waals surface area contributed by atoms with Crippen LogP contribution in [0.3, 0.4) is 0 Å². The number of hydrogen-bond donors (Lipinski definition) is 0. The highest BCUT2D eigenvalue weighted by atomic mass is 16.7. The van der Waals surface area contributed by atoms with Gasteiger partial charge in [-0.3, -0.25) is 4.79 Å². The van der Waals surface area contributed by atoms with Crippen molar-refractivity contribution in [3.05, 3.63) is 71.8 Å². The number of hydrogen-bond acceptors (Lipinski definition) is 3. The lowest BCUT2D eigenvalue weighted by atomic mass is 9.86. The van der Waals surface area contributed by atoms with Crippen molar-refractivity contribution in [3.8, 4) is 0 Å². The quantitative estimate of drug-likeness (QED) is 0.790. The molecule has 1 atom stereocenters. The first-order chi connectivity index (χ1) is 9.33. The summed E-state index contributed by atoms with van der Waals surface area (Å²) in [6, 6.07) is 18.7. The lowest BCUT2D eigenvalue weighted by molar-refractivity contribution is -0.00231. The molecule has 0 saturated carbocycles. The van der Waals surface area contributed by atoms with Gasteiger partial charge >= 0.3 is 0 Å². The van der Waals surface area contributed by atoms with Gasteiger partial charge in [-0.15, -0.1) is 0 Å². The van der Waals surface area contributed by atoms with Gasteiger partial charge in [0.15, 0.2) is 5.60 Å². The maximum Gasteiger partial charge on any atom is 0.201 e. The van der Waals surface area contributed by atoms with Crippen LogP contribution in [-0.2, 0) is 15.1 Å². The van der Waals surface area contributed by atoms with Crippen LogP contribution in [0, 0.1) is 0 Å². The Kier molecular flexibility index (Phi) is 3.15. The second kappa shape index (κ2) is 4.96. The molecular weight excluding hydrogens is 240 g/mol. The zero-order chi connectivity index (χ0) is 13.1. The van der Waals surface area contributed by atoms with Crippen molar-refractivity contribution in [1.29, 1.82) is 0 Å². The lowest BCUT2D eigenvalue weighted by Gasteiger charge is -2.25. The Morgan fingerprint density at radius 3 is 2.16 bits per heavy atom. The third-order valence-electron chi connectivity index (χ3n) is 3.34. The molecule has 0 aromatic heterocycles. The van der Waals surface area contributed by atoms with Crippen LogP contribution < -0.4 is 0 Å². The molecule has 1 aliphatic heterocycles. The molecule has 2 aromatic carbocycles. The predicted octanol–water partition coefficient (Wildman–Crippen LogP) is 2.77. The van der Waals surface area contributed by atoms with Gasteiger partial charge in [-0.1, -0.05) is 60.7 Å². The topological polar surface area (TPSA) is 35.5 Å². The van der Waals surface area contributed by atoms with Gasteiger partial charge in [-0.05, 0) is 5.56 Å². The van der Waals surface area contributed by atoms with Crippen molar-refractivity contribution in [2.75, 3.05) is 13.4 Å². The Hall–Kier alpha value is -1.97. The van der Waals surface area contributed by atoms with Crippen LogP contribution in [0.2, 0.25) is 0 Å². The maximum absolute atomic E-state index is 12.8. The first kappa shape index (κ1) is 12.1. The first-order valence-corrected chi connectivity index (χ1v) is 6.20. The highest BCUT2D eigenvalue weighted by Crippen LogP contribution is 2.34. The minimum absolute atomic E-state index is 0.0585. The number of carbonyl (C=O) groups excluding carboxylic acids is 1. The molecule has 2 aromatic rings. The summed E-state index contributed by atoms with van der Waals surface area (Å²) in [5, 5.41) is 0. The summed E-state index contributed by atoms with van der Waals surface area (Å²) in [5.74, 6) is -0.0585. The van der Waals surface area contributed by atoms with Crippen LogP contribution in [-0.4, -0.2) is 19.2 Å². The van der Waals surface area contributed by atoms with Gasteiger partial charge in [-0.2, -0.15) is 0 Å². The predicted molar refractivity (Wildman–Crippen MR) is 70.8 cm³/mol. The van der Waals surface area contributed by atoms with Crippen molar-refractivity contribution in [2.45, 2.75) is 5.60 Å². The van der Waals surface area contributed by atoms with E-state index in [9.17, 15) is 4.79 Å². The Morgan fingerprint density at radius 1 is 0.947 bits per heavy atom. The van der Waals surface area contributed by atoms with E-state index in [-0.39, 0.29) is 19.2 Å². The van der Waals surface area contributed by atoms with Crippen LogP contribution in [0.4, 0.5) is 0 Å². The highest BCUT2D eigenvalue weighted by molar-refractivity contribution is 6.03. The average molecular weight is 254 g/mol. The number of ether oxygens (including phenoxy) is 2. The van der Waals surface area contributed by atoms with E-state index in [0.717, 1.165) is 5.56 Å². The van der Waals surface area contributed by atoms with Gasteiger partial charge in [0.25, 0.3) is 0 Å². The molecule has 96 valence electrons. The highest BCUT2D eigenvalue weighted by Gasteiger charge is 2.45. The van der Waals surface area contributed by atoms with Crippen molar-refractivity contribution in [3.63, 3.8) is 0 Å². The molecular formula is C16H14O3. The number of ketones is 1. The number of Topliss-reactive ketones (excluding diaryl/α,β-unsaturated/α-hetero) is 1. The van der Waals surface area contributed by atoms with Crippen LogP contribution in [0.25, 0.3) is 0 Å². The Bertz CT molecular complexity index is 557. The van der Waals surface area contributed by atoms with E-state index in [0.29, 0.717) is 5.56 Å². The fourth-order valence-corrected chi connectivity index (χ4v) is 2.33. The summed E-state index contributed by atoms with van der Waals surface area (Å²) < 4.78 is 11.0. The summed E-state index contributed by atoms with van der Waals surface area (Å²) in [5.41, 5.74) is 0.459. The van der Waals surface area contributed by atoms with Gasteiger partial charge in [0, 0.05) is 5.56 Å². The molecule has 0 unspecified atom stereocenters. The number of benzene rings is 2. The van der Waals surface area contributed by atoms with Crippen molar-refractivity contribution in [1.82, 2.24) is 0 Å². The van der Waals surface area contributed by atoms with Gasteiger partial charge < -0.3 is 9.47 Å². The molecule has 1 fully saturated rings. The second-order valence-corrected chi connectivity index (χ2v) is 4.50. The lowest BCUT2D eigenvalue weighted by Crippen LogP contribution is -2.38. The maximum atomic E-state index is 12.8. The number of rotatable bonds is 3. The standard InChI is InChI=1S/C16H14O3/c17-15(13-7-3-1-4-8-13)16(11-18-12-19-16)14-9-5-2-6-10-14/h1-10H,11-12H2/t16-/m0/s1. The molecule has 0 radical (unpaired) electrons. The Morgan fingerprint density at radius 2 is 1.58 bits per heavy atom.